The minimum absolute atomic E-state index is 0.208. The normalized spacial score (nSPS) is 10.5. The zero-order valence-corrected chi connectivity index (χ0v) is 23.3. The number of hydrogen-bond acceptors (Lipinski definition) is 7. The standard InChI is InChI=1S/C15H21N3O3S.C8H17N3O2S/c1-15(2,3)21-14(20)17-10-9-16-13(22)18-12(19)11-7-5-4-6-8-11;1-8(2,3)13-7(12)11-5-4-10-6(9)14/h4-8H,9-10H2,1-3H3,(H,17,20)(H2,16,18,19,22);4-5H2,1-3H3,(H,11,12)(H3,9,10,14). The van der Waals surface area contributed by atoms with Crippen LogP contribution < -0.4 is 32.3 Å². The van der Waals surface area contributed by atoms with Gasteiger partial charge < -0.3 is 36.5 Å². The smallest absolute Gasteiger partial charge is 0.407 e. The van der Waals surface area contributed by atoms with Gasteiger partial charge in [0.25, 0.3) is 5.91 Å². The van der Waals surface area contributed by atoms with Gasteiger partial charge in [0.15, 0.2) is 10.2 Å². The Morgan fingerprint density at radius 1 is 0.750 bits per heavy atom. The van der Waals surface area contributed by atoms with Gasteiger partial charge in [0.05, 0.1) is 0 Å². The van der Waals surface area contributed by atoms with Crippen LogP contribution in [-0.4, -0.2) is 65.7 Å². The van der Waals surface area contributed by atoms with Crippen molar-refractivity contribution in [3.8, 4) is 0 Å². The fourth-order valence-corrected chi connectivity index (χ4v) is 2.43. The first kappa shape index (κ1) is 32.8. The van der Waals surface area contributed by atoms with Crippen molar-refractivity contribution in [3.63, 3.8) is 0 Å². The number of thiocarbonyl (C=S) groups is 2. The van der Waals surface area contributed by atoms with E-state index in [-0.39, 0.29) is 16.1 Å². The maximum atomic E-state index is 11.8. The minimum Gasteiger partial charge on any atom is -0.444 e. The fraction of sp³-hybridized carbons (Fsp3) is 0.522. The lowest BCUT2D eigenvalue weighted by Gasteiger charge is -2.19. The van der Waals surface area contributed by atoms with Crippen molar-refractivity contribution in [2.75, 3.05) is 26.2 Å². The van der Waals surface area contributed by atoms with E-state index >= 15 is 0 Å². The Morgan fingerprint density at radius 2 is 1.17 bits per heavy atom. The summed E-state index contributed by atoms with van der Waals surface area (Å²) in [6.07, 6.45) is -0.934. The number of nitrogens with one attached hydrogen (secondary N) is 5. The van der Waals surface area contributed by atoms with Crippen LogP contribution in [0.2, 0.25) is 0 Å². The fourth-order valence-electron chi connectivity index (χ4n) is 2.13. The van der Waals surface area contributed by atoms with Gasteiger partial charge in [-0.15, -0.1) is 0 Å². The molecule has 0 aromatic heterocycles. The van der Waals surface area contributed by atoms with Crippen LogP contribution in [0.3, 0.4) is 0 Å². The van der Waals surface area contributed by atoms with E-state index in [0.29, 0.717) is 31.7 Å². The molecule has 0 atom stereocenters. The molecule has 36 heavy (non-hydrogen) atoms. The first-order valence-electron chi connectivity index (χ1n) is 11.2. The quantitative estimate of drug-likeness (QED) is 0.223. The van der Waals surface area contributed by atoms with Gasteiger partial charge >= 0.3 is 12.2 Å². The van der Waals surface area contributed by atoms with Crippen molar-refractivity contribution in [2.45, 2.75) is 52.7 Å². The van der Waals surface area contributed by atoms with Crippen LogP contribution in [0, 0.1) is 0 Å². The number of rotatable bonds is 7. The van der Waals surface area contributed by atoms with Crippen LogP contribution in [0.1, 0.15) is 51.9 Å². The summed E-state index contributed by atoms with van der Waals surface area (Å²) >= 11 is 9.59. The second kappa shape index (κ2) is 16.5. The third-order valence-electron chi connectivity index (χ3n) is 3.43. The maximum Gasteiger partial charge on any atom is 0.407 e. The number of carbonyl (C=O) groups is 3. The van der Waals surface area contributed by atoms with Gasteiger partial charge in [-0.05, 0) is 78.1 Å². The Bertz CT molecular complexity index is 870. The van der Waals surface area contributed by atoms with Crippen LogP contribution in [-0.2, 0) is 9.47 Å². The van der Waals surface area contributed by atoms with E-state index < -0.39 is 23.4 Å². The van der Waals surface area contributed by atoms with E-state index in [1.165, 1.54) is 0 Å². The molecule has 7 N–H and O–H groups in total. The molecule has 0 saturated carbocycles. The molecule has 0 bridgehead atoms. The summed E-state index contributed by atoms with van der Waals surface area (Å²) in [5.74, 6) is -0.279. The SMILES string of the molecule is CC(C)(C)OC(=O)NCCNC(=S)NC(=O)c1ccccc1.CC(C)(C)OC(=O)NCCNC(N)=S. The summed E-state index contributed by atoms with van der Waals surface area (Å²) in [6.45, 7) is 12.4. The van der Waals surface area contributed by atoms with Crippen LogP contribution >= 0.6 is 24.4 Å². The number of amides is 3. The number of benzene rings is 1. The molecule has 0 aliphatic rings. The van der Waals surface area contributed by atoms with Crippen molar-refractivity contribution >= 4 is 52.8 Å². The predicted molar refractivity (Wildman–Crippen MR) is 148 cm³/mol. The molecule has 0 unspecified atom stereocenters. The van der Waals surface area contributed by atoms with Crippen molar-refractivity contribution in [1.82, 2.24) is 26.6 Å². The van der Waals surface area contributed by atoms with Gasteiger partial charge in [-0.25, -0.2) is 9.59 Å². The lowest BCUT2D eigenvalue weighted by atomic mass is 10.2. The lowest BCUT2D eigenvalue weighted by Crippen LogP contribution is -2.43. The van der Waals surface area contributed by atoms with E-state index in [4.69, 9.17) is 27.4 Å². The van der Waals surface area contributed by atoms with E-state index in [1.807, 2.05) is 6.07 Å². The Balaban J connectivity index is 0.000000757. The highest BCUT2D eigenvalue weighted by molar-refractivity contribution is 7.80. The molecule has 0 radical (unpaired) electrons. The Morgan fingerprint density at radius 3 is 1.58 bits per heavy atom. The molecule has 3 amide bonds. The molecule has 1 aromatic carbocycles. The van der Waals surface area contributed by atoms with Crippen molar-refractivity contribution in [2.24, 2.45) is 5.73 Å². The molecule has 0 fully saturated rings. The first-order chi connectivity index (χ1) is 16.6. The topological polar surface area (TPSA) is 156 Å². The molecule has 1 rings (SSSR count). The number of carbonyl (C=O) groups excluding carboxylic acids is 3. The zero-order chi connectivity index (χ0) is 27.8. The summed E-state index contributed by atoms with van der Waals surface area (Å²) < 4.78 is 10.1. The number of ether oxygens (including phenoxy) is 2. The molecule has 202 valence electrons. The van der Waals surface area contributed by atoms with Gasteiger partial charge in [-0.3, -0.25) is 10.1 Å². The Kier molecular flexibility index (Phi) is 15.0. The highest BCUT2D eigenvalue weighted by Gasteiger charge is 2.16. The van der Waals surface area contributed by atoms with E-state index in [9.17, 15) is 14.4 Å². The van der Waals surface area contributed by atoms with Crippen LogP contribution in [0.4, 0.5) is 9.59 Å². The number of nitrogens with two attached hydrogens (primary N) is 1. The summed E-state index contributed by atoms with van der Waals surface area (Å²) in [6, 6.07) is 8.77. The largest absolute Gasteiger partial charge is 0.444 e. The monoisotopic (exact) mass is 542 g/mol. The molecule has 11 nitrogen and oxygen atoms in total. The number of hydrogen-bond donors (Lipinski definition) is 6. The highest BCUT2D eigenvalue weighted by Crippen LogP contribution is 2.06. The van der Waals surface area contributed by atoms with Crippen molar-refractivity contribution in [1.29, 1.82) is 0 Å². The molecule has 0 saturated heterocycles. The van der Waals surface area contributed by atoms with Crippen LogP contribution in [0.25, 0.3) is 0 Å². The van der Waals surface area contributed by atoms with Gasteiger partial charge in [-0.1, -0.05) is 18.2 Å². The third kappa shape index (κ3) is 20.2. The molecule has 0 heterocycles. The Labute approximate surface area is 223 Å². The van der Waals surface area contributed by atoms with Gasteiger partial charge in [0.2, 0.25) is 0 Å². The first-order valence-corrected chi connectivity index (χ1v) is 12.0. The summed E-state index contributed by atoms with van der Waals surface area (Å²) in [4.78, 5) is 34.3. The predicted octanol–water partition coefficient (Wildman–Crippen LogP) is 2.16. The number of alkyl carbamates (subject to hydrolysis) is 2. The van der Waals surface area contributed by atoms with Gasteiger partial charge in [0, 0.05) is 31.7 Å². The molecule has 0 aliphatic heterocycles. The summed E-state index contributed by atoms with van der Waals surface area (Å²) in [5.41, 5.74) is 4.71. The maximum absolute atomic E-state index is 11.8. The average Bonchev–Trinajstić information content (AvgIpc) is 2.73. The minimum atomic E-state index is -0.531. The third-order valence-corrected chi connectivity index (χ3v) is 3.83. The summed E-state index contributed by atoms with van der Waals surface area (Å²) in [7, 11) is 0. The zero-order valence-electron chi connectivity index (χ0n) is 21.7. The average molecular weight is 543 g/mol. The summed E-state index contributed by atoms with van der Waals surface area (Å²) in [5, 5.41) is 13.7. The molecular weight excluding hydrogens is 504 g/mol. The van der Waals surface area contributed by atoms with E-state index in [1.54, 1.807) is 65.8 Å². The second-order valence-corrected chi connectivity index (χ2v) is 10.1. The van der Waals surface area contributed by atoms with Crippen molar-refractivity contribution < 1.29 is 23.9 Å². The Hall–Kier alpha value is -3.19. The highest BCUT2D eigenvalue weighted by atomic mass is 32.1. The van der Waals surface area contributed by atoms with Gasteiger partial charge in [0.1, 0.15) is 11.2 Å². The van der Waals surface area contributed by atoms with Crippen molar-refractivity contribution in [3.05, 3.63) is 35.9 Å². The molecule has 0 aliphatic carbocycles. The van der Waals surface area contributed by atoms with Crippen LogP contribution in [0.15, 0.2) is 30.3 Å². The molecule has 1 aromatic rings. The van der Waals surface area contributed by atoms with E-state index in [0.717, 1.165) is 0 Å². The molecule has 13 heteroatoms. The second-order valence-electron chi connectivity index (χ2n) is 9.22. The van der Waals surface area contributed by atoms with Gasteiger partial charge in [-0.2, -0.15) is 0 Å². The van der Waals surface area contributed by atoms with E-state index in [2.05, 4.69) is 38.8 Å². The lowest BCUT2D eigenvalue weighted by molar-refractivity contribution is 0.0517. The molecule has 0 spiro atoms. The van der Waals surface area contributed by atoms with Crippen LogP contribution in [0.5, 0.6) is 0 Å². The molecular formula is C23H38N6O5S2.